The first kappa shape index (κ1) is 12.0. The Morgan fingerprint density at radius 1 is 1.53 bits per heavy atom. The van der Waals surface area contributed by atoms with E-state index in [0.717, 1.165) is 18.4 Å². The van der Waals surface area contributed by atoms with Crippen molar-refractivity contribution < 1.29 is 4.79 Å². The van der Waals surface area contributed by atoms with Gasteiger partial charge in [0.15, 0.2) is 0 Å². The summed E-state index contributed by atoms with van der Waals surface area (Å²) in [5.74, 6) is 1.22. The van der Waals surface area contributed by atoms with Crippen molar-refractivity contribution >= 4 is 23.3 Å². The monoisotopic (exact) mass is 226 g/mol. The molecule has 4 heteroatoms. The highest BCUT2D eigenvalue weighted by Crippen LogP contribution is 2.06. The number of nitrogens with zero attached hydrogens (tertiary/aromatic N) is 1. The predicted octanol–water partition coefficient (Wildman–Crippen LogP) is 2.74. The van der Waals surface area contributed by atoms with E-state index < -0.39 is 0 Å². The Labute approximate surface area is 94.9 Å². The summed E-state index contributed by atoms with van der Waals surface area (Å²) in [7, 11) is 0. The van der Waals surface area contributed by atoms with Crippen molar-refractivity contribution in [2.75, 3.05) is 11.2 Å². The van der Waals surface area contributed by atoms with E-state index in [1.54, 1.807) is 6.20 Å². The van der Waals surface area contributed by atoms with Gasteiger partial charge in [0.2, 0.25) is 5.91 Å². The first-order chi connectivity index (χ1) is 7.22. The zero-order chi connectivity index (χ0) is 11.1. The molecule has 0 unspecified atom stereocenters. The summed E-state index contributed by atoms with van der Waals surface area (Å²) in [5, 5.41) is 2.75. The molecule has 1 N–H and O–H groups in total. The van der Waals surface area contributed by atoms with Crippen molar-refractivity contribution in [2.45, 2.75) is 26.2 Å². The van der Waals surface area contributed by atoms with Crippen LogP contribution in [0.1, 0.15) is 24.8 Å². The van der Waals surface area contributed by atoms with Crippen molar-refractivity contribution in [2.24, 2.45) is 0 Å². The molecule has 0 bridgehead atoms. The molecule has 3 nitrogen and oxygen atoms in total. The lowest BCUT2D eigenvalue weighted by Gasteiger charge is -2.04. The number of carbonyl (C=O) groups excluding carboxylic acids is 1. The molecule has 0 saturated carbocycles. The Morgan fingerprint density at radius 3 is 3.00 bits per heavy atom. The second kappa shape index (κ2) is 6.40. The molecule has 82 valence electrons. The SMILES string of the molecule is Cc1ccnc(NC(=O)CCCCCl)c1. The van der Waals surface area contributed by atoms with Crippen LogP contribution in [0.5, 0.6) is 0 Å². The maximum Gasteiger partial charge on any atom is 0.225 e. The third kappa shape index (κ3) is 4.79. The summed E-state index contributed by atoms with van der Waals surface area (Å²) in [6.07, 6.45) is 3.88. The molecule has 1 aromatic heterocycles. The van der Waals surface area contributed by atoms with Gasteiger partial charge in [-0.15, -0.1) is 11.6 Å². The average molecular weight is 227 g/mol. The molecule has 15 heavy (non-hydrogen) atoms. The van der Waals surface area contributed by atoms with E-state index in [1.807, 2.05) is 19.1 Å². The molecule has 0 radical (unpaired) electrons. The first-order valence-electron chi connectivity index (χ1n) is 5.01. The minimum absolute atomic E-state index is 0.00165. The molecule has 0 aliphatic heterocycles. The van der Waals surface area contributed by atoms with Gasteiger partial charge in [0.05, 0.1) is 0 Å². The number of anilines is 1. The van der Waals surface area contributed by atoms with Crippen molar-refractivity contribution in [1.29, 1.82) is 0 Å². The number of amides is 1. The summed E-state index contributed by atoms with van der Waals surface area (Å²) in [4.78, 5) is 15.5. The number of halogens is 1. The standard InChI is InChI=1S/C11H15ClN2O/c1-9-5-7-13-10(8-9)14-11(15)4-2-3-6-12/h5,7-8H,2-4,6H2,1H3,(H,13,14,15). The summed E-state index contributed by atoms with van der Waals surface area (Å²) in [6, 6.07) is 3.74. The molecule has 1 amide bonds. The fourth-order valence-electron chi connectivity index (χ4n) is 1.19. The fourth-order valence-corrected chi connectivity index (χ4v) is 1.38. The molecule has 1 rings (SSSR count). The number of pyridine rings is 1. The molecule has 0 saturated heterocycles. The van der Waals surface area contributed by atoms with Crippen molar-refractivity contribution in [1.82, 2.24) is 4.98 Å². The van der Waals surface area contributed by atoms with Gasteiger partial charge in [0, 0.05) is 18.5 Å². The normalized spacial score (nSPS) is 10.0. The van der Waals surface area contributed by atoms with Gasteiger partial charge in [-0.1, -0.05) is 0 Å². The lowest BCUT2D eigenvalue weighted by molar-refractivity contribution is -0.116. The quantitative estimate of drug-likeness (QED) is 0.620. The fraction of sp³-hybridized carbons (Fsp3) is 0.455. The lowest BCUT2D eigenvalue weighted by atomic mass is 10.2. The number of aromatic nitrogens is 1. The third-order valence-electron chi connectivity index (χ3n) is 1.97. The minimum atomic E-state index is -0.00165. The van der Waals surface area contributed by atoms with Crippen LogP contribution < -0.4 is 5.32 Å². The third-order valence-corrected chi connectivity index (χ3v) is 2.24. The van der Waals surface area contributed by atoms with Gasteiger partial charge in [0.25, 0.3) is 0 Å². The van der Waals surface area contributed by atoms with Crippen molar-refractivity contribution in [3.8, 4) is 0 Å². The van der Waals surface area contributed by atoms with Crippen LogP contribution in [0.25, 0.3) is 0 Å². The molecule has 0 aromatic carbocycles. The Hall–Kier alpha value is -1.09. The van der Waals surface area contributed by atoms with E-state index in [2.05, 4.69) is 10.3 Å². The summed E-state index contributed by atoms with van der Waals surface area (Å²) in [6.45, 7) is 1.96. The Bertz CT molecular complexity index is 328. The molecule has 0 spiro atoms. The van der Waals surface area contributed by atoms with Crippen LogP contribution in [0, 0.1) is 6.92 Å². The van der Waals surface area contributed by atoms with Crippen LogP contribution in [0.4, 0.5) is 5.82 Å². The van der Waals surface area contributed by atoms with Crippen LogP contribution in [0.15, 0.2) is 18.3 Å². The topological polar surface area (TPSA) is 42.0 Å². The second-order valence-electron chi connectivity index (χ2n) is 3.41. The number of hydrogen-bond donors (Lipinski definition) is 1. The van der Waals surface area contributed by atoms with Crippen LogP contribution in [0.2, 0.25) is 0 Å². The molecule has 0 fully saturated rings. The zero-order valence-corrected chi connectivity index (χ0v) is 9.55. The van der Waals surface area contributed by atoms with E-state index in [0.29, 0.717) is 18.1 Å². The summed E-state index contributed by atoms with van der Waals surface area (Å²) >= 11 is 5.52. The number of aryl methyl sites for hydroxylation is 1. The molecular weight excluding hydrogens is 212 g/mol. The highest BCUT2D eigenvalue weighted by molar-refractivity contribution is 6.17. The largest absolute Gasteiger partial charge is 0.311 e. The van der Waals surface area contributed by atoms with E-state index >= 15 is 0 Å². The van der Waals surface area contributed by atoms with Gasteiger partial charge in [-0.3, -0.25) is 4.79 Å². The number of rotatable bonds is 5. The number of alkyl halides is 1. The second-order valence-corrected chi connectivity index (χ2v) is 3.79. The average Bonchev–Trinajstić information content (AvgIpc) is 2.18. The van der Waals surface area contributed by atoms with E-state index in [4.69, 9.17) is 11.6 Å². The van der Waals surface area contributed by atoms with E-state index in [1.165, 1.54) is 0 Å². The maximum atomic E-state index is 11.4. The lowest BCUT2D eigenvalue weighted by Crippen LogP contribution is -2.12. The maximum absolute atomic E-state index is 11.4. The van der Waals surface area contributed by atoms with Gasteiger partial charge in [-0.25, -0.2) is 4.98 Å². The van der Waals surface area contributed by atoms with E-state index in [9.17, 15) is 4.79 Å². The summed E-state index contributed by atoms with van der Waals surface area (Å²) in [5.41, 5.74) is 1.08. The number of hydrogen-bond acceptors (Lipinski definition) is 2. The van der Waals surface area contributed by atoms with E-state index in [-0.39, 0.29) is 5.91 Å². The number of nitrogens with one attached hydrogen (secondary N) is 1. The Kier molecular flexibility index (Phi) is 5.12. The summed E-state index contributed by atoms with van der Waals surface area (Å²) < 4.78 is 0. The molecule has 1 aromatic rings. The highest BCUT2D eigenvalue weighted by atomic mass is 35.5. The molecule has 0 aliphatic carbocycles. The van der Waals surface area contributed by atoms with Gasteiger partial charge in [-0.2, -0.15) is 0 Å². The highest BCUT2D eigenvalue weighted by Gasteiger charge is 2.02. The Balaban J connectivity index is 2.37. The van der Waals surface area contributed by atoms with Crippen LogP contribution >= 0.6 is 11.6 Å². The molecule has 0 aliphatic rings. The van der Waals surface area contributed by atoms with Crippen LogP contribution in [-0.2, 0) is 4.79 Å². The predicted molar refractivity (Wildman–Crippen MR) is 62.2 cm³/mol. The smallest absolute Gasteiger partial charge is 0.225 e. The molecule has 1 heterocycles. The van der Waals surface area contributed by atoms with Crippen LogP contribution in [-0.4, -0.2) is 16.8 Å². The molecular formula is C11H15ClN2O. The van der Waals surface area contributed by atoms with Crippen molar-refractivity contribution in [3.63, 3.8) is 0 Å². The van der Waals surface area contributed by atoms with Gasteiger partial charge in [0.1, 0.15) is 5.82 Å². The zero-order valence-electron chi connectivity index (χ0n) is 8.79. The van der Waals surface area contributed by atoms with Gasteiger partial charge >= 0.3 is 0 Å². The van der Waals surface area contributed by atoms with Crippen molar-refractivity contribution in [3.05, 3.63) is 23.9 Å². The molecule has 0 atom stereocenters. The number of unbranched alkanes of at least 4 members (excludes halogenated alkanes) is 1. The first-order valence-corrected chi connectivity index (χ1v) is 5.54. The van der Waals surface area contributed by atoms with Crippen LogP contribution in [0.3, 0.4) is 0 Å². The van der Waals surface area contributed by atoms with Gasteiger partial charge in [-0.05, 0) is 37.5 Å². The van der Waals surface area contributed by atoms with Gasteiger partial charge < -0.3 is 5.32 Å². The Morgan fingerprint density at radius 2 is 2.33 bits per heavy atom. The number of carbonyl (C=O) groups is 1. The minimum Gasteiger partial charge on any atom is -0.311 e.